The minimum atomic E-state index is 0.518. The van der Waals surface area contributed by atoms with Crippen LogP contribution >= 0.6 is 0 Å². The van der Waals surface area contributed by atoms with Gasteiger partial charge in [-0.2, -0.15) is 0 Å². The zero-order chi connectivity index (χ0) is 43.7. The minimum Gasteiger partial charge on any atom is -0.379 e. The molecule has 0 aromatic heterocycles. The highest BCUT2D eigenvalue weighted by molar-refractivity contribution is 4.50. The fourth-order valence-electron chi connectivity index (χ4n) is 6.12. The summed E-state index contributed by atoms with van der Waals surface area (Å²) in [5.41, 5.74) is 0. The Hall–Kier alpha value is -0.520. The van der Waals surface area contributed by atoms with Crippen LogP contribution in [0.5, 0.6) is 0 Å². The first-order chi connectivity index (χ1) is 30.4. The van der Waals surface area contributed by atoms with Gasteiger partial charge in [0.15, 0.2) is 0 Å². The highest BCUT2D eigenvalue weighted by atomic mass is 16.6. The van der Waals surface area contributed by atoms with E-state index in [0.29, 0.717) is 159 Å². The number of hydrogen-bond acceptors (Lipinski definition) is 13. The van der Waals surface area contributed by atoms with E-state index in [2.05, 4.69) is 13.8 Å². The standard InChI is InChI=1S/C48H98O13/c1-3-5-7-9-11-12-13-14-15-16-17-18-20-22-24-50-26-28-52-30-32-54-34-36-56-38-40-58-42-44-60-46-48-61-47-45-59-43-41-57-39-37-55-35-33-53-31-29-51-27-25-49-23-21-19-10-8-6-4-2/h3-48H2,1-2H3. The van der Waals surface area contributed by atoms with Gasteiger partial charge in [0.2, 0.25) is 0 Å². The van der Waals surface area contributed by atoms with Crippen LogP contribution in [0.2, 0.25) is 0 Å². The van der Waals surface area contributed by atoms with Crippen molar-refractivity contribution in [2.24, 2.45) is 0 Å². The zero-order valence-electron chi connectivity index (χ0n) is 39.8. The van der Waals surface area contributed by atoms with Crippen molar-refractivity contribution in [2.45, 2.75) is 142 Å². The second-order valence-corrected chi connectivity index (χ2v) is 15.3. The largest absolute Gasteiger partial charge is 0.379 e. The molecule has 0 aromatic rings. The lowest BCUT2D eigenvalue weighted by Crippen LogP contribution is -2.15. The molecule has 368 valence electrons. The number of unbranched alkanes of at least 4 members (excludes halogenated alkanes) is 18. The molecule has 0 heterocycles. The first-order valence-electron chi connectivity index (χ1n) is 24.9. The van der Waals surface area contributed by atoms with Gasteiger partial charge in [-0.15, -0.1) is 0 Å². The van der Waals surface area contributed by atoms with Crippen molar-refractivity contribution in [1.82, 2.24) is 0 Å². The molecular weight excluding hydrogens is 785 g/mol. The van der Waals surface area contributed by atoms with Crippen molar-refractivity contribution in [3.63, 3.8) is 0 Å². The van der Waals surface area contributed by atoms with Crippen LogP contribution in [0.25, 0.3) is 0 Å². The van der Waals surface area contributed by atoms with Crippen LogP contribution in [0, 0.1) is 0 Å². The third kappa shape index (κ3) is 59.5. The summed E-state index contributed by atoms with van der Waals surface area (Å²) in [6, 6.07) is 0. The smallest absolute Gasteiger partial charge is 0.0701 e. The molecule has 0 bridgehead atoms. The molecule has 0 N–H and O–H groups in total. The molecule has 0 aromatic carbocycles. The summed E-state index contributed by atoms with van der Waals surface area (Å²) in [6.07, 6.45) is 26.9. The van der Waals surface area contributed by atoms with Crippen molar-refractivity contribution in [2.75, 3.05) is 172 Å². The zero-order valence-corrected chi connectivity index (χ0v) is 39.8. The van der Waals surface area contributed by atoms with E-state index in [4.69, 9.17) is 61.6 Å². The van der Waals surface area contributed by atoms with Gasteiger partial charge >= 0.3 is 0 Å². The summed E-state index contributed by atoms with van der Waals surface area (Å²) in [5, 5.41) is 0. The lowest BCUT2D eigenvalue weighted by Gasteiger charge is -2.09. The van der Waals surface area contributed by atoms with Crippen LogP contribution in [-0.4, -0.2) is 172 Å². The maximum Gasteiger partial charge on any atom is 0.0701 e. The quantitative estimate of drug-likeness (QED) is 0.0541. The molecule has 13 nitrogen and oxygen atoms in total. The molecule has 0 aliphatic heterocycles. The van der Waals surface area contributed by atoms with Gasteiger partial charge in [0, 0.05) is 13.2 Å². The molecular formula is C48H98O13. The van der Waals surface area contributed by atoms with Crippen molar-refractivity contribution in [3.05, 3.63) is 0 Å². The van der Waals surface area contributed by atoms with Gasteiger partial charge < -0.3 is 61.6 Å². The highest BCUT2D eigenvalue weighted by Crippen LogP contribution is 2.13. The van der Waals surface area contributed by atoms with E-state index in [1.807, 2.05) is 0 Å². The lowest BCUT2D eigenvalue weighted by molar-refractivity contribution is -0.0290. The van der Waals surface area contributed by atoms with Gasteiger partial charge in [0.25, 0.3) is 0 Å². The summed E-state index contributed by atoms with van der Waals surface area (Å²) in [7, 11) is 0. The fourth-order valence-corrected chi connectivity index (χ4v) is 6.12. The molecule has 0 saturated carbocycles. The van der Waals surface area contributed by atoms with Gasteiger partial charge in [0.1, 0.15) is 0 Å². The van der Waals surface area contributed by atoms with Gasteiger partial charge in [-0.3, -0.25) is 0 Å². The molecule has 0 aliphatic carbocycles. The molecule has 13 heteroatoms. The van der Waals surface area contributed by atoms with Crippen molar-refractivity contribution in [1.29, 1.82) is 0 Å². The predicted octanol–water partition coefficient (Wildman–Crippen LogP) is 9.04. The Morgan fingerprint density at radius 2 is 0.246 bits per heavy atom. The lowest BCUT2D eigenvalue weighted by atomic mass is 10.0. The Balaban J connectivity index is 3.06. The summed E-state index contributed by atoms with van der Waals surface area (Å²) in [5.74, 6) is 0. The maximum atomic E-state index is 5.69. The van der Waals surface area contributed by atoms with Crippen LogP contribution in [0.15, 0.2) is 0 Å². The summed E-state index contributed by atoms with van der Waals surface area (Å²) < 4.78 is 72.2. The van der Waals surface area contributed by atoms with Crippen LogP contribution in [0.4, 0.5) is 0 Å². The Morgan fingerprint density at radius 3 is 0.393 bits per heavy atom. The van der Waals surface area contributed by atoms with Gasteiger partial charge in [0.05, 0.1) is 159 Å². The number of hydrogen-bond donors (Lipinski definition) is 0. The number of ether oxygens (including phenoxy) is 13. The number of rotatable bonds is 58. The molecule has 0 aliphatic rings. The van der Waals surface area contributed by atoms with Gasteiger partial charge in [-0.05, 0) is 12.8 Å². The monoisotopic (exact) mass is 883 g/mol. The Bertz CT molecular complexity index is 682. The highest BCUT2D eigenvalue weighted by Gasteiger charge is 1.99. The van der Waals surface area contributed by atoms with E-state index >= 15 is 0 Å². The van der Waals surface area contributed by atoms with E-state index in [-0.39, 0.29) is 0 Å². The molecule has 61 heavy (non-hydrogen) atoms. The minimum absolute atomic E-state index is 0.518. The molecule has 0 rings (SSSR count). The molecule has 0 amide bonds. The predicted molar refractivity (Wildman–Crippen MR) is 244 cm³/mol. The average Bonchev–Trinajstić information content (AvgIpc) is 3.27. The van der Waals surface area contributed by atoms with E-state index < -0.39 is 0 Å². The van der Waals surface area contributed by atoms with Crippen LogP contribution in [0.3, 0.4) is 0 Å². The van der Waals surface area contributed by atoms with Crippen LogP contribution in [-0.2, 0) is 61.6 Å². The summed E-state index contributed by atoms with van der Waals surface area (Å²) in [4.78, 5) is 0. The molecule has 0 fully saturated rings. The normalized spacial score (nSPS) is 11.7. The third-order valence-corrected chi connectivity index (χ3v) is 9.75. The molecule has 0 unspecified atom stereocenters. The summed E-state index contributed by atoms with van der Waals surface area (Å²) in [6.45, 7) is 19.4. The first-order valence-corrected chi connectivity index (χ1v) is 24.9. The Labute approximate surface area is 374 Å². The molecule has 0 spiro atoms. The summed E-state index contributed by atoms with van der Waals surface area (Å²) >= 11 is 0. The van der Waals surface area contributed by atoms with Crippen molar-refractivity contribution >= 4 is 0 Å². The van der Waals surface area contributed by atoms with E-state index in [0.717, 1.165) is 26.1 Å². The Morgan fingerprint density at radius 1 is 0.131 bits per heavy atom. The van der Waals surface area contributed by atoms with Crippen molar-refractivity contribution in [3.8, 4) is 0 Å². The van der Waals surface area contributed by atoms with Gasteiger partial charge in [-0.25, -0.2) is 0 Å². The maximum absolute atomic E-state index is 5.69. The molecule has 0 radical (unpaired) electrons. The van der Waals surface area contributed by atoms with E-state index in [1.165, 1.54) is 116 Å². The molecule has 0 atom stereocenters. The fraction of sp³-hybridized carbons (Fsp3) is 1.00. The van der Waals surface area contributed by atoms with Crippen molar-refractivity contribution < 1.29 is 61.6 Å². The second-order valence-electron chi connectivity index (χ2n) is 15.3. The topological polar surface area (TPSA) is 120 Å². The first kappa shape index (κ1) is 60.5. The SMILES string of the molecule is CCCCCCCCCCCCCCCCOCCOCCOCCOCCOCCOCCOCCOCCOCCOCCOCCOCCOCCCCCCCC. The van der Waals surface area contributed by atoms with E-state index in [1.54, 1.807) is 0 Å². The van der Waals surface area contributed by atoms with E-state index in [9.17, 15) is 0 Å². The van der Waals surface area contributed by atoms with Gasteiger partial charge in [-0.1, -0.05) is 129 Å². The van der Waals surface area contributed by atoms with Crippen LogP contribution < -0.4 is 0 Å². The Kier molecular flexibility index (Phi) is 59.0. The van der Waals surface area contributed by atoms with Crippen LogP contribution in [0.1, 0.15) is 142 Å². The third-order valence-electron chi connectivity index (χ3n) is 9.75. The average molecular weight is 883 g/mol. The molecule has 0 saturated heterocycles. The second kappa shape index (κ2) is 59.5.